The highest BCUT2D eigenvalue weighted by Gasteiger charge is 2.15. The first-order chi connectivity index (χ1) is 14.6. The van der Waals surface area contributed by atoms with Crippen LogP contribution in [-0.2, 0) is 19.1 Å². The second-order valence-corrected chi connectivity index (χ2v) is 6.22. The van der Waals surface area contributed by atoms with Crippen molar-refractivity contribution in [3.8, 4) is 0 Å². The van der Waals surface area contributed by atoms with Crippen molar-refractivity contribution in [1.82, 2.24) is 9.97 Å². The first kappa shape index (κ1) is 34.2. The molecule has 0 saturated heterocycles. The summed E-state index contributed by atoms with van der Waals surface area (Å²) in [5.41, 5.74) is 2.62. The fraction of sp³-hybridized carbons (Fsp3) is 0.440. The fourth-order valence-corrected chi connectivity index (χ4v) is 2.26. The van der Waals surface area contributed by atoms with E-state index in [-0.39, 0.29) is 45.4 Å². The van der Waals surface area contributed by atoms with Crippen molar-refractivity contribution in [3.63, 3.8) is 0 Å². The lowest BCUT2D eigenvalue weighted by atomic mass is 10.1. The Balaban J connectivity index is -0.000000436. The number of carbonyl (C=O) groups is 4. The summed E-state index contributed by atoms with van der Waals surface area (Å²) >= 11 is 0. The maximum atomic E-state index is 11.6. The van der Waals surface area contributed by atoms with Gasteiger partial charge in [-0.25, -0.2) is 0 Å². The zero-order valence-corrected chi connectivity index (χ0v) is 18.9. The number of hydrogen-bond acceptors (Lipinski definition) is 8. The predicted octanol–water partition coefficient (Wildman–Crippen LogP) is 4.96. The minimum Gasteiger partial charge on any atom is -0.466 e. The molecule has 2 aromatic rings. The van der Waals surface area contributed by atoms with Crippen LogP contribution in [0, 0.1) is 13.8 Å². The van der Waals surface area contributed by atoms with Gasteiger partial charge in [-0.05, 0) is 51.0 Å². The number of ketones is 2. The van der Waals surface area contributed by atoms with Gasteiger partial charge in [-0.1, -0.05) is 27.0 Å². The average Bonchev–Trinajstić information content (AvgIpc) is 2.69. The molecule has 0 aliphatic rings. The molecule has 0 radical (unpaired) electrons. The van der Waals surface area contributed by atoms with E-state index in [0.29, 0.717) is 18.0 Å². The normalized spacial score (nSPS) is 8.67. The molecule has 0 spiro atoms. The second kappa shape index (κ2) is 19.3. The van der Waals surface area contributed by atoms with Crippen LogP contribution in [0.25, 0.3) is 0 Å². The molecule has 0 fully saturated rings. The van der Waals surface area contributed by atoms with Crippen molar-refractivity contribution in [1.29, 1.82) is 0 Å². The lowest BCUT2D eigenvalue weighted by molar-refractivity contribution is -0.142. The van der Waals surface area contributed by atoms with Crippen LogP contribution in [0.2, 0.25) is 0 Å². The Labute approximate surface area is 197 Å². The fourth-order valence-electron chi connectivity index (χ4n) is 2.26. The van der Waals surface area contributed by atoms with E-state index in [4.69, 9.17) is 0 Å². The van der Waals surface area contributed by atoms with Crippen molar-refractivity contribution in [3.05, 3.63) is 59.2 Å². The summed E-state index contributed by atoms with van der Waals surface area (Å²) in [5.74, 6) is -0.991. The molecule has 184 valence electrons. The Hall–Kier alpha value is -3.42. The van der Waals surface area contributed by atoms with Gasteiger partial charge in [-0.15, -0.1) is 0 Å². The maximum Gasteiger partial charge on any atom is 0.313 e. The van der Waals surface area contributed by atoms with E-state index < -0.39 is 5.97 Å². The molecule has 33 heavy (non-hydrogen) atoms. The maximum absolute atomic E-state index is 11.6. The van der Waals surface area contributed by atoms with E-state index in [1.807, 2.05) is 19.1 Å². The van der Waals surface area contributed by atoms with Crippen LogP contribution in [0.4, 0.5) is 0 Å². The molecular formula is C25H38N2O6. The summed E-state index contributed by atoms with van der Waals surface area (Å²) in [6, 6.07) is 7.23. The summed E-state index contributed by atoms with van der Waals surface area (Å²) in [4.78, 5) is 51.1. The number of aromatic nitrogens is 2. The first-order valence-electron chi connectivity index (χ1n) is 9.80. The van der Waals surface area contributed by atoms with E-state index >= 15 is 0 Å². The van der Waals surface area contributed by atoms with E-state index in [0.717, 1.165) is 11.1 Å². The average molecular weight is 463 g/mol. The Morgan fingerprint density at radius 3 is 1.55 bits per heavy atom. The summed E-state index contributed by atoms with van der Waals surface area (Å²) < 4.78 is 9.09. The Bertz CT molecular complexity index is 881. The third kappa shape index (κ3) is 15.1. The highest BCUT2D eigenvalue weighted by molar-refractivity contribution is 6.05. The number of Topliss-reactive ketones (excluding diaryl/α,β-unsaturated/α-hetero) is 2. The van der Waals surface area contributed by atoms with Gasteiger partial charge in [-0.2, -0.15) is 0 Å². The van der Waals surface area contributed by atoms with Crippen molar-refractivity contribution < 1.29 is 28.7 Å². The van der Waals surface area contributed by atoms with Gasteiger partial charge in [0.05, 0.1) is 13.2 Å². The molecule has 2 aromatic heterocycles. The smallest absolute Gasteiger partial charge is 0.313 e. The first-order valence-corrected chi connectivity index (χ1v) is 9.80. The van der Waals surface area contributed by atoms with E-state index in [9.17, 15) is 19.2 Å². The van der Waals surface area contributed by atoms with Gasteiger partial charge in [0.1, 0.15) is 17.8 Å². The number of rotatable bonds is 6. The lowest BCUT2D eigenvalue weighted by Gasteiger charge is -2.03. The molecule has 8 heteroatoms. The molecule has 0 bridgehead atoms. The van der Waals surface area contributed by atoms with Crippen LogP contribution >= 0.6 is 0 Å². The summed E-state index contributed by atoms with van der Waals surface area (Å²) in [6.07, 6.45) is 2.92. The standard InChI is InChI=1S/C11H13NO3.C8H9NO.C4H8O2.2CH4/c1-3-15-10(14)7-9(13)11-8(2)5-4-6-12-11;1-6-4-3-5-9-8(6)7(2)10;1-3-6-4(2)5;;/h4-6H,3,7H2,1-2H3;3-5H,1-2H3;3H2,1-2H3;2*1H4. The van der Waals surface area contributed by atoms with Crippen molar-refractivity contribution >= 4 is 23.5 Å². The van der Waals surface area contributed by atoms with Crippen LogP contribution in [0.3, 0.4) is 0 Å². The van der Waals surface area contributed by atoms with E-state index in [1.165, 1.54) is 20.0 Å². The summed E-state index contributed by atoms with van der Waals surface area (Å²) in [6.45, 7) is 10.8. The Morgan fingerprint density at radius 2 is 1.24 bits per heavy atom. The molecule has 0 aliphatic carbocycles. The number of aryl methyl sites for hydroxylation is 2. The lowest BCUT2D eigenvalue weighted by Crippen LogP contribution is -2.13. The molecule has 8 nitrogen and oxygen atoms in total. The second-order valence-electron chi connectivity index (χ2n) is 6.22. The van der Waals surface area contributed by atoms with Crippen LogP contribution in [-0.4, -0.2) is 46.7 Å². The van der Waals surface area contributed by atoms with E-state index in [2.05, 4.69) is 19.4 Å². The Morgan fingerprint density at radius 1 is 0.788 bits per heavy atom. The van der Waals surface area contributed by atoms with Crippen LogP contribution < -0.4 is 0 Å². The molecular weight excluding hydrogens is 424 g/mol. The van der Waals surface area contributed by atoms with Crippen LogP contribution in [0.1, 0.15) is 81.1 Å². The topological polar surface area (TPSA) is 113 Å². The van der Waals surface area contributed by atoms with Crippen LogP contribution in [0.15, 0.2) is 36.7 Å². The number of pyridine rings is 2. The van der Waals surface area contributed by atoms with Gasteiger partial charge in [0.25, 0.3) is 0 Å². The number of carbonyl (C=O) groups excluding carboxylic acids is 4. The molecule has 2 heterocycles. The molecule has 0 amide bonds. The molecule has 0 N–H and O–H groups in total. The molecule has 0 atom stereocenters. The van der Waals surface area contributed by atoms with Gasteiger partial charge < -0.3 is 9.47 Å². The van der Waals surface area contributed by atoms with Gasteiger partial charge in [-0.3, -0.25) is 29.1 Å². The number of esters is 2. The zero-order valence-electron chi connectivity index (χ0n) is 18.9. The van der Waals surface area contributed by atoms with Gasteiger partial charge >= 0.3 is 11.9 Å². The van der Waals surface area contributed by atoms with Gasteiger partial charge in [0.2, 0.25) is 0 Å². The zero-order chi connectivity index (χ0) is 23.8. The summed E-state index contributed by atoms with van der Waals surface area (Å²) in [7, 11) is 0. The molecule has 0 aromatic carbocycles. The third-order valence-corrected chi connectivity index (χ3v) is 3.57. The number of nitrogens with zero attached hydrogens (tertiary/aromatic N) is 2. The van der Waals surface area contributed by atoms with Crippen molar-refractivity contribution in [2.24, 2.45) is 0 Å². The predicted molar refractivity (Wildman–Crippen MR) is 129 cm³/mol. The van der Waals surface area contributed by atoms with Crippen LogP contribution in [0.5, 0.6) is 0 Å². The molecule has 2 rings (SSSR count). The van der Waals surface area contributed by atoms with Gasteiger partial charge in [0.15, 0.2) is 11.6 Å². The molecule has 0 saturated carbocycles. The highest BCUT2D eigenvalue weighted by Crippen LogP contribution is 2.07. The summed E-state index contributed by atoms with van der Waals surface area (Å²) in [5, 5.41) is 0. The van der Waals surface area contributed by atoms with Crippen molar-refractivity contribution in [2.45, 2.75) is 62.8 Å². The van der Waals surface area contributed by atoms with Gasteiger partial charge in [0, 0.05) is 26.2 Å². The number of ether oxygens (including phenoxy) is 2. The van der Waals surface area contributed by atoms with Crippen molar-refractivity contribution in [2.75, 3.05) is 13.2 Å². The SMILES string of the molecule is C.C.CC(=O)c1ncccc1C.CCOC(=O)CC(=O)c1ncccc1C.CCOC(C)=O. The third-order valence-electron chi connectivity index (χ3n) is 3.57. The highest BCUT2D eigenvalue weighted by atomic mass is 16.5. The minimum absolute atomic E-state index is 0. The Kier molecular flexibility index (Phi) is 20.0. The largest absolute Gasteiger partial charge is 0.466 e. The van der Waals surface area contributed by atoms with E-state index in [1.54, 1.807) is 39.1 Å². The molecule has 0 aliphatic heterocycles. The molecule has 0 unspecified atom stereocenters. The quantitative estimate of drug-likeness (QED) is 0.336. The number of hydrogen-bond donors (Lipinski definition) is 0. The minimum atomic E-state index is -0.507. The monoisotopic (exact) mass is 462 g/mol.